The fraction of sp³-hybridized carbons (Fsp3) is 0.333. The minimum absolute atomic E-state index is 0.0505. The van der Waals surface area contributed by atoms with Gasteiger partial charge in [-0.3, -0.25) is 14.1 Å². The van der Waals surface area contributed by atoms with Gasteiger partial charge >= 0.3 is 12.1 Å². The molecule has 1 saturated heterocycles. The first-order chi connectivity index (χ1) is 15.9. The fourth-order valence-electron chi connectivity index (χ4n) is 4.09. The van der Waals surface area contributed by atoms with Crippen molar-refractivity contribution < 1.29 is 13.2 Å². The Morgan fingerprint density at radius 1 is 1.12 bits per heavy atom. The van der Waals surface area contributed by atoms with Crippen molar-refractivity contribution in [2.24, 2.45) is 0 Å². The third-order valence-corrected chi connectivity index (χ3v) is 6.42. The largest absolute Gasteiger partial charge is 0.415 e. The molecule has 1 fully saturated rings. The SMILES string of the molecule is O=c1n(Cc2ccc(-c3nnc(C(F)F)o3)cn2)c2cc(Cl)c(Cl)cc2n1C1CCNCC1. The van der Waals surface area contributed by atoms with Gasteiger partial charge in [-0.1, -0.05) is 23.2 Å². The summed E-state index contributed by atoms with van der Waals surface area (Å²) in [5.74, 6) is -0.799. The number of imidazole rings is 1. The molecule has 0 atom stereocenters. The number of aromatic nitrogens is 5. The lowest BCUT2D eigenvalue weighted by atomic mass is 10.1. The number of piperidine rings is 1. The van der Waals surface area contributed by atoms with Crippen molar-refractivity contribution in [3.05, 3.63) is 62.6 Å². The summed E-state index contributed by atoms with van der Waals surface area (Å²) in [6, 6.07) is 6.78. The second-order valence-electron chi connectivity index (χ2n) is 7.76. The van der Waals surface area contributed by atoms with Crippen molar-refractivity contribution in [3.63, 3.8) is 0 Å². The average molecular weight is 495 g/mol. The predicted octanol–water partition coefficient (Wildman–Crippen LogP) is 4.47. The van der Waals surface area contributed by atoms with Crippen LogP contribution in [0.4, 0.5) is 8.78 Å². The van der Waals surface area contributed by atoms with Crippen LogP contribution in [0, 0.1) is 0 Å². The highest BCUT2D eigenvalue weighted by Crippen LogP contribution is 2.31. The summed E-state index contributed by atoms with van der Waals surface area (Å²) >= 11 is 12.5. The van der Waals surface area contributed by atoms with Crippen molar-refractivity contribution >= 4 is 34.2 Å². The molecule has 4 aromatic rings. The minimum Gasteiger partial charge on any atom is -0.415 e. The van der Waals surface area contributed by atoms with Gasteiger partial charge in [-0.15, -0.1) is 10.2 Å². The highest BCUT2D eigenvalue weighted by atomic mass is 35.5. The van der Waals surface area contributed by atoms with Gasteiger partial charge in [0.25, 0.3) is 5.89 Å². The van der Waals surface area contributed by atoms with Crippen LogP contribution >= 0.6 is 23.2 Å². The van der Waals surface area contributed by atoms with Crippen LogP contribution in [-0.2, 0) is 6.54 Å². The molecule has 0 bridgehead atoms. The second-order valence-corrected chi connectivity index (χ2v) is 8.57. The van der Waals surface area contributed by atoms with E-state index in [4.69, 9.17) is 27.6 Å². The summed E-state index contributed by atoms with van der Waals surface area (Å²) in [7, 11) is 0. The Labute approximate surface area is 196 Å². The van der Waals surface area contributed by atoms with E-state index < -0.39 is 12.3 Å². The number of fused-ring (bicyclic) bond motifs is 1. The molecule has 0 aliphatic carbocycles. The predicted molar refractivity (Wildman–Crippen MR) is 119 cm³/mol. The molecule has 0 saturated carbocycles. The molecule has 0 unspecified atom stereocenters. The number of hydrogen-bond donors (Lipinski definition) is 1. The molecular weight excluding hydrogens is 477 g/mol. The molecule has 33 heavy (non-hydrogen) atoms. The number of rotatable bonds is 5. The van der Waals surface area contributed by atoms with Gasteiger partial charge in [-0.2, -0.15) is 8.78 Å². The summed E-state index contributed by atoms with van der Waals surface area (Å²) in [5.41, 5.74) is 2.21. The van der Waals surface area contributed by atoms with Crippen molar-refractivity contribution in [3.8, 4) is 11.5 Å². The van der Waals surface area contributed by atoms with Crippen LogP contribution in [0.2, 0.25) is 10.0 Å². The van der Waals surface area contributed by atoms with Gasteiger partial charge in [0.05, 0.1) is 38.9 Å². The van der Waals surface area contributed by atoms with Crippen LogP contribution in [0.1, 0.15) is 36.9 Å². The summed E-state index contributed by atoms with van der Waals surface area (Å²) in [6.45, 7) is 1.85. The van der Waals surface area contributed by atoms with Gasteiger partial charge < -0.3 is 9.73 Å². The van der Waals surface area contributed by atoms with Crippen molar-refractivity contribution in [1.29, 1.82) is 0 Å². The van der Waals surface area contributed by atoms with Gasteiger partial charge in [0.1, 0.15) is 0 Å². The number of benzene rings is 1. The van der Waals surface area contributed by atoms with Gasteiger partial charge in [-0.05, 0) is 50.2 Å². The first-order valence-electron chi connectivity index (χ1n) is 10.3. The molecular formula is C21H18Cl2F2N6O2. The Balaban J connectivity index is 1.51. The molecule has 1 aliphatic rings. The Morgan fingerprint density at radius 2 is 1.85 bits per heavy atom. The van der Waals surface area contributed by atoms with Crippen LogP contribution in [0.5, 0.6) is 0 Å². The van der Waals surface area contributed by atoms with E-state index in [0.29, 0.717) is 26.8 Å². The first kappa shape index (κ1) is 22.0. The third kappa shape index (κ3) is 4.14. The molecule has 3 aromatic heterocycles. The number of nitrogens with one attached hydrogen (secondary N) is 1. The maximum atomic E-state index is 13.5. The monoisotopic (exact) mass is 494 g/mol. The quantitative estimate of drug-likeness (QED) is 0.440. The Kier molecular flexibility index (Phi) is 5.90. The third-order valence-electron chi connectivity index (χ3n) is 5.70. The second kappa shape index (κ2) is 8.85. The summed E-state index contributed by atoms with van der Waals surface area (Å²) in [6.07, 6.45) is 0.260. The molecule has 12 heteroatoms. The van der Waals surface area contributed by atoms with E-state index in [2.05, 4.69) is 20.5 Å². The Hall–Kier alpha value is -2.82. The van der Waals surface area contributed by atoms with E-state index in [9.17, 15) is 13.6 Å². The van der Waals surface area contributed by atoms with E-state index in [1.807, 2.05) is 0 Å². The van der Waals surface area contributed by atoms with Gasteiger partial charge in [-0.25, -0.2) is 4.79 Å². The van der Waals surface area contributed by atoms with Gasteiger partial charge in [0, 0.05) is 12.2 Å². The van der Waals surface area contributed by atoms with E-state index >= 15 is 0 Å². The molecule has 1 aromatic carbocycles. The molecule has 1 aliphatic heterocycles. The maximum Gasteiger partial charge on any atom is 0.329 e. The molecule has 0 radical (unpaired) electrons. The van der Waals surface area contributed by atoms with E-state index in [1.54, 1.807) is 33.4 Å². The average Bonchev–Trinajstić information content (AvgIpc) is 3.40. The normalized spacial score (nSPS) is 15.1. The Morgan fingerprint density at radius 3 is 2.48 bits per heavy atom. The lowest BCUT2D eigenvalue weighted by Gasteiger charge is -2.23. The highest BCUT2D eigenvalue weighted by molar-refractivity contribution is 6.42. The summed E-state index contributed by atoms with van der Waals surface area (Å²) < 4.78 is 33.7. The van der Waals surface area contributed by atoms with Crippen molar-refractivity contribution in [2.75, 3.05) is 13.1 Å². The fourth-order valence-corrected chi connectivity index (χ4v) is 4.40. The zero-order valence-electron chi connectivity index (χ0n) is 17.1. The smallest absolute Gasteiger partial charge is 0.329 e. The van der Waals surface area contributed by atoms with Crippen LogP contribution in [-0.4, -0.2) is 37.4 Å². The number of alkyl halides is 2. The van der Waals surface area contributed by atoms with Crippen molar-refractivity contribution in [1.82, 2.24) is 29.6 Å². The minimum atomic E-state index is -2.84. The molecule has 1 N–H and O–H groups in total. The van der Waals surface area contributed by atoms with Crippen LogP contribution in [0.25, 0.3) is 22.5 Å². The molecule has 5 rings (SSSR count). The van der Waals surface area contributed by atoms with Gasteiger partial charge in [0.2, 0.25) is 5.89 Å². The van der Waals surface area contributed by atoms with Crippen LogP contribution in [0.15, 0.2) is 39.7 Å². The summed E-state index contributed by atoms with van der Waals surface area (Å²) in [4.78, 5) is 17.8. The van der Waals surface area contributed by atoms with E-state index in [-0.39, 0.29) is 24.2 Å². The van der Waals surface area contributed by atoms with E-state index in [1.165, 1.54) is 6.20 Å². The Bertz CT molecular complexity index is 1360. The number of pyridine rings is 1. The number of hydrogen-bond acceptors (Lipinski definition) is 6. The lowest BCUT2D eigenvalue weighted by molar-refractivity contribution is 0.116. The zero-order valence-corrected chi connectivity index (χ0v) is 18.7. The highest BCUT2D eigenvalue weighted by Gasteiger charge is 2.24. The summed E-state index contributed by atoms with van der Waals surface area (Å²) in [5, 5.41) is 11.0. The first-order valence-corrected chi connectivity index (χ1v) is 11.1. The zero-order chi connectivity index (χ0) is 23.1. The van der Waals surface area contributed by atoms with Gasteiger partial charge in [0.15, 0.2) is 0 Å². The number of halogens is 4. The molecule has 8 nitrogen and oxygen atoms in total. The van der Waals surface area contributed by atoms with Crippen molar-refractivity contribution in [2.45, 2.75) is 31.9 Å². The molecule has 0 spiro atoms. The maximum absolute atomic E-state index is 13.5. The lowest BCUT2D eigenvalue weighted by Crippen LogP contribution is -2.35. The van der Waals surface area contributed by atoms with E-state index in [0.717, 1.165) is 31.4 Å². The molecule has 172 valence electrons. The topological polar surface area (TPSA) is 90.8 Å². The number of nitrogens with zero attached hydrogens (tertiary/aromatic N) is 5. The van der Waals surface area contributed by atoms with Crippen LogP contribution in [0.3, 0.4) is 0 Å². The molecule has 0 amide bonds. The van der Waals surface area contributed by atoms with Crippen LogP contribution < -0.4 is 11.0 Å². The molecule has 4 heterocycles. The standard InChI is InChI=1S/C21H18Cl2F2N6O2/c22-14-7-16-17(8-15(14)23)31(13-3-5-26-6-4-13)21(32)30(16)10-12-2-1-11(9-27-12)19-28-29-20(33-19)18(24)25/h1-2,7-9,13,18,26H,3-6,10H2.